The molecular formula is C26H26FN3O. The first-order valence-corrected chi connectivity index (χ1v) is 11.6. The number of aromatic nitrogens is 1. The Hall–Kier alpha value is -2.66. The number of hydrogen-bond donors (Lipinski definition) is 2. The molecular weight excluding hydrogens is 389 g/mol. The van der Waals surface area contributed by atoms with Crippen LogP contribution in [0.3, 0.4) is 0 Å². The van der Waals surface area contributed by atoms with Crippen LogP contribution in [0.2, 0.25) is 0 Å². The van der Waals surface area contributed by atoms with Crippen LogP contribution in [0, 0.1) is 5.82 Å². The van der Waals surface area contributed by atoms with Gasteiger partial charge in [-0.3, -0.25) is 10.1 Å². The average Bonchev–Trinajstić information content (AvgIpc) is 3.44. The summed E-state index contributed by atoms with van der Waals surface area (Å²) in [5.41, 5.74) is 4.75. The minimum Gasteiger partial charge on any atom is -0.356 e. The minimum absolute atomic E-state index is 0.0793. The normalized spacial score (nSPS) is 28.0. The molecule has 2 aromatic carbocycles. The minimum atomic E-state index is -1.03. The Balaban J connectivity index is 1.57. The Morgan fingerprint density at radius 3 is 2.81 bits per heavy atom. The smallest absolute Gasteiger partial charge is 0.258 e. The van der Waals surface area contributed by atoms with Crippen molar-refractivity contribution in [3.63, 3.8) is 0 Å². The predicted octanol–water partition coefficient (Wildman–Crippen LogP) is 4.86. The van der Waals surface area contributed by atoms with Gasteiger partial charge in [0.1, 0.15) is 5.82 Å². The lowest BCUT2D eigenvalue weighted by Gasteiger charge is -2.46. The molecule has 7 rings (SSSR count). The third kappa shape index (κ3) is 2.02. The Labute approximate surface area is 180 Å². The lowest BCUT2D eigenvalue weighted by molar-refractivity contribution is -0.124. The van der Waals surface area contributed by atoms with Crippen molar-refractivity contribution in [1.29, 1.82) is 0 Å². The molecule has 2 atom stereocenters. The molecule has 0 radical (unpaired) electrons. The molecule has 3 aromatic rings. The van der Waals surface area contributed by atoms with Gasteiger partial charge in [-0.15, -0.1) is 0 Å². The summed E-state index contributed by atoms with van der Waals surface area (Å²) < 4.78 is 15.0. The number of halogens is 1. The van der Waals surface area contributed by atoms with E-state index in [1.54, 1.807) is 12.1 Å². The summed E-state index contributed by atoms with van der Waals surface area (Å²) in [7, 11) is 0. The zero-order valence-corrected chi connectivity index (χ0v) is 17.7. The molecule has 2 N–H and O–H groups in total. The van der Waals surface area contributed by atoms with Crippen molar-refractivity contribution >= 4 is 22.5 Å². The van der Waals surface area contributed by atoms with E-state index in [2.05, 4.69) is 34.3 Å². The van der Waals surface area contributed by atoms with Gasteiger partial charge in [-0.05, 0) is 60.9 Å². The molecule has 158 valence electrons. The highest BCUT2D eigenvalue weighted by Gasteiger charge is 2.62. The number of carbonyl (C=O) groups is 1. The average molecular weight is 416 g/mol. The molecule has 1 amide bonds. The molecule has 4 nitrogen and oxygen atoms in total. The highest BCUT2D eigenvalue weighted by atomic mass is 19.1. The molecule has 1 aliphatic carbocycles. The van der Waals surface area contributed by atoms with Gasteiger partial charge < -0.3 is 9.88 Å². The quantitative estimate of drug-likeness (QED) is 0.551. The van der Waals surface area contributed by atoms with Crippen LogP contribution in [-0.4, -0.2) is 23.0 Å². The SMILES string of the molecule is CC1CC2(CCCC2)N2C(=O)C3(NCCc4c3[nH]c3ccccc43)c3cc(F)cc1c32. The molecule has 1 fully saturated rings. The summed E-state index contributed by atoms with van der Waals surface area (Å²) in [5, 5.41) is 4.76. The number of nitrogens with zero attached hydrogens (tertiary/aromatic N) is 1. The van der Waals surface area contributed by atoms with Crippen LogP contribution >= 0.6 is 0 Å². The summed E-state index contributed by atoms with van der Waals surface area (Å²) in [6, 6.07) is 11.5. The molecule has 31 heavy (non-hydrogen) atoms. The van der Waals surface area contributed by atoms with Crippen molar-refractivity contribution in [3.05, 3.63) is 64.6 Å². The Bertz CT molecular complexity index is 1270. The molecule has 3 aliphatic heterocycles. The Morgan fingerprint density at radius 2 is 1.97 bits per heavy atom. The monoisotopic (exact) mass is 415 g/mol. The van der Waals surface area contributed by atoms with Gasteiger partial charge in [0.05, 0.1) is 11.4 Å². The summed E-state index contributed by atoms with van der Waals surface area (Å²) in [6.07, 6.45) is 6.16. The number of fused-ring (bicyclic) bond motifs is 6. The number of amides is 1. The first-order chi connectivity index (χ1) is 15.1. The Kier molecular flexibility index (Phi) is 3.34. The largest absolute Gasteiger partial charge is 0.356 e. The van der Waals surface area contributed by atoms with E-state index in [0.29, 0.717) is 6.54 Å². The topological polar surface area (TPSA) is 48.1 Å². The van der Waals surface area contributed by atoms with E-state index in [-0.39, 0.29) is 23.2 Å². The third-order valence-corrected chi connectivity index (χ3v) is 8.44. The first kappa shape index (κ1) is 18.0. The van der Waals surface area contributed by atoms with Crippen LogP contribution in [0.25, 0.3) is 10.9 Å². The number of benzene rings is 2. The fourth-order valence-electron chi connectivity index (χ4n) is 7.26. The number of aromatic amines is 1. The van der Waals surface area contributed by atoms with Crippen LogP contribution < -0.4 is 10.2 Å². The predicted molar refractivity (Wildman–Crippen MR) is 119 cm³/mol. The molecule has 1 aromatic heterocycles. The van der Waals surface area contributed by atoms with E-state index in [1.807, 2.05) is 12.1 Å². The number of anilines is 1. The zero-order chi connectivity index (χ0) is 21.0. The standard InChI is InChI=1S/C26H26FN3O/c1-15-14-25(9-4-5-10-25)30-22-19(15)12-16(27)13-20(22)26(24(30)31)23-18(8-11-28-26)17-6-2-3-7-21(17)29-23/h2-3,6-7,12-13,15,28-29H,4-5,8-11,14H2,1H3. The maximum Gasteiger partial charge on any atom is 0.258 e. The van der Waals surface area contributed by atoms with E-state index in [4.69, 9.17) is 0 Å². The number of para-hydroxylation sites is 1. The van der Waals surface area contributed by atoms with Crippen molar-refractivity contribution in [2.75, 3.05) is 11.4 Å². The second-order valence-corrected chi connectivity index (χ2v) is 10.0. The maximum absolute atomic E-state index is 15.0. The lowest BCUT2D eigenvalue weighted by atomic mass is 9.77. The van der Waals surface area contributed by atoms with E-state index in [1.165, 1.54) is 10.9 Å². The van der Waals surface area contributed by atoms with Gasteiger partial charge in [0.2, 0.25) is 0 Å². The van der Waals surface area contributed by atoms with E-state index >= 15 is 0 Å². The van der Waals surface area contributed by atoms with Gasteiger partial charge in [-0.1, -0.05) is 38.0 Å². The van der Waals surface area contributed by atoms with Crippen molar-refractivity contribution in [2.24, 2.45) is 0 Å². The molecule has 4 heterocycles. The summed E-state index contributed by atoms with van der Waals surface area (Å²) in [4.78, 5) is 20.2. The van der Waals surface area contributed by atoms with Crippen LogP contribution in [0.15, 0.2) is 36.4 Å². The number of H-pyrrole nitrogens is 1. The number of hydrogen-bond acceptors (Lipinski definition) is 2. The van der Waals surface area contributed by atoms with Gasteiger partial charge in [-0.25, -0.2) is 4.39 Å². The summed E-state index contributed by atoms with van der Waals surface area (Å²) in [6.45, 7) is 2.90. The van der Waals surface area contributed by atoms with Gasteiger partial charge in [0.25, 0.3) is 5.91 Å². The van der Waals surface area contributed by atoms with Gasteiger partial charge in [-0.2, -0.15) is 0 Å². The molecule has 2 unspecified atom stereocenters. The molecule has 2 spiro atoms. The van der Waals surface area contributed by atoms with Crippen LogP contribution in [-0.2, 0) is 16.8 Å². The molecule has 5 heteroatoms. The fourth-order valence-corrected chi connectivity index (χ4v) is 7.26. The van der Waals surface area contributed by atoms with E-state index < -0.39 is 5.54 Å². The number of nitrogens with one attached hydrogen (secondary N) is 2. The molecule has 1 saturated carbocycles. The second kappa shape index (κ2) is 5.77. The first-order valence-electron chi connectivity index (χ1n) is 11.6. The van der Waals surface area contributed by atoms with Crippen molar-refractivity contribution in [2.45, 2.75) is 62.4 Å². The van der Waals surface area contributed by atoms with Gasteiger partial charge in [0.15, 0.2) is 5.54 Å². The number of rotatable bonds is 0. The zero-order valence-electron chi connectivity index (χ0n) is 17.7. The second-order valence-electron chi connectivity index (χ2n) is 10.0. The third-order valence-electron chi connectivity index (χ3n) is 8.44. The highest BCUT2D eigenvalue weighted by molar-refractivity contribution is 6.13. The Morgan fingerprint density at radius 1 is 1.16 bits per heavy atom. The molecule has 0 bridgehead atoms. The van der Waals surface area contributed by atoms with Crippen LogP contribution in [0.5, 0.6) is 0 Å². The van der Waals surface area contributed by atoms with Crippen LogP contribution in [0.1, 0.15) is 67.3 Å². The highest BCUT2D eigenvalue weighted by Crippen LogP contribution is 2.59. The number of carbonyl (C=O) groups excluding carboxylic acids is 1. The summed E-state index contributed by atoms with van der Waals surface area (Å²) in [5.74, 6) is 0.0743. The molecule has 0 saturated heterocycles. The molecule has 4 aliphatic rings. The van der Waals surface area contributed by atoms with E-state index in [9.17, 15) is 9.18 Å². The van der Waals surface area contributed by atoms with Crippen LogP contribution in [0.4, 0.5) is 10.1 Å². The van der Waals surface area contributed by atoms with Crippen molar-refractivity contribution in [1.82, 2.24) is 10.3 Å². The van der Waals surface area contributed by atoms with Gasteiger partial charge in [0, 0.05) is 28.6 Å². The fraction of sp³-hybridized carbons (Fsp3) is 0.423. The van der Waals surface area contributed by atoms with Gasteiger partial charge >= 0.3 is 0 Å². The maximum atomic E-state index is 15.0. The van der Waals surface area contributed by atoms with Crippen molar-refractivity contribution in [3.8, 4) is 0 Å². The summed E-state index contributed by atoms with van der Waals surface area (Å²) >= 11 is 0. The lowest BCUT2D eigenvalue weighted by Crippen LogP contribution is -2.60. The van der Waals surface area contributed by atoms with E-state index in [0.717, 1.165) is 66.5 Å². The van der Waals surface area contributed by atoms with Crippen molar-refractivity contribution < 1.29 is 9.18 Å².